The Morgan fingerprint density at radius 3 is 3.00 bits per heavy atom. The van der Waals surface area contributed by atoms with Crippen LogP contribution in [0.3, 0.4) is 0 Å². The Labute approximate surface area is 119 Å². The topological polar surface area (TPSA) is 36.4 Å². The van der Waals surface area contributed by atoms with Gasteiger partial charge in [0.15, 0.2) is 5.11 Å². The Kier molecular flexibility index (Phi) is 4.68. The van der Waals surface area contributed by atoms with Crippen molar-refractivity contribution in [3.05, 3.63) is 47.5 Å². The van der Waals surface area contributed by atoms with E-state index in [2.05, 4.69) is 40.6 Å². The smallest absolute Gasteiger partial charge is 0.187 e. The Morgan fingerprint density at radius 2 is 2.21 bits per heavy atom. The molecule has 100 valence electrons. The molecule has 2 N–H and O–H groups in total. The second kappa shape index (κ2) is 6.48. The first-order valence-corrected chi connectivity index (χ1v) is 6.92. The van der Waals surface area contributed by atoms with Gasteiger partial charge < -0.3 is 5.32 Å². The fraction of sp³-hybridized carbons (Fsp3) is 0.333. The number of fused-ring (bicyclic) bond motifs is 1. The van der Waals surface area contributed by atoms with Crippen LogP contribution in [0, 0.1) is 0 Å². The van der Waals surface area contributed by atoms with Crippen LogP contribution in [-0.4, -0.2) is 17.4 Å². The van der Waals surface area contributed by atoms with E-state index in [0.717, 1.165) is 11.3 Å². The lowest BCUT2D eigenvalue weighted by Gasteiger charge is -2.07. The van der Waals surface area contributed by atoms with Crippen molar-refractivity contribution < 1.29 is 0 Å². The Bertz CT molecular complexity index is 520. The molecular formula is C15H19N3S. The van der Waals surface area contributed by atoms with E-state index < -0.39 is 0 Å². The molecular weight excluding hydrogens is 254 g/mol. The fourth-order valence-corrected chi connectivity index (χ4v) is 2.33. The standard InChI is InChI=1S/C15H19N3S/c1-3-9-16-15(19)18-17-11(2)13-8-7-12-5-4-6-14(12)10-13/h3,7-8,10H,1,4-6,9H2,2H3,(H2,16,18,19)/b17-11-. The van der Waals surface area contributed by atoms with Crippen LogP contribution >= 0.6 is 12.2 Å². The summed E-state index contributed by atoms with van der Waals surface area (Å²) in [6.07, 6.45) is 5.41. The van der Waals surface area contributed by atoms with Crippen LogP contribution in [0.15, 0.2) is 36.0 Å². The maximum atomic E-state index is 5.09. The van der Waals surface area contributed by atoms with E-state index >= 15 is 0 Å². The third-order valence-electron chi connectivity index (χ3n) is 3.25. The van der Waals surface area contributed by atoms with E-state index in [1.165, 1.54) is 30.4 Å². The average molecular weight is 273 g/mol. The van der Waals surface area contributed by atoms with Crippen molar-refractivity contribution in [2.45, 2.75) is 26.2 Å². The van der Waals surface area contributed by atoms with Gasteiger partial charge in [-0.2, -0.15) is 5.10 Å². The molecule has 0 saturated heterocycles. The lowest BCUT2D eigenvalue weighted by molar-refractivity contribution is 0.911. The highest BCUT2D eigenvalue weighted by Gasteiger charge is 2.11. The molecule has 3 nitrogen and oxygen atoms in total. The molecule has 0 heterocycles. The minimum Gasteiger partial charge on any atom is -0.358 e. The van der Waals surface area contributed by atoms with Gasteiger partial charge in [0.2, 0.25) is 0 Å². The molecule has 4 heteroatoms. The van der Waals surface area contributed by atoms with Crippen LogP contribution in [-0.2, 0) is 12.8 Å². The van der Waals surface area contributed by atoms with Crippen molar-refractivity contribution in [3.63, 3.8) is 0 Å². The SMILES string of the molecule is C=CCNC(=S)N/N=C(/C)c1ccc2c(c1)CCC2. The molecule has 0 spiro atoms. The first-order valence-electron chi connectivity index (χ1n) is 6.52. The summed E-state index contributed by atoms with van der Waals surface area (Å²) < 4.78 is 0. The first kappa shape index (κ1) is 13.7. The number of thiocarbonyl (C=S) groups is 1. The van der Waals surface area contributed by atoms with E-state index in [4.69, 9.17) is 12.2 Å². The van der Waals surface area contributed by atoms with Gasteiger partial charge in [-0.3, -0.25) is 5.43 Å². The van der Waals surface area contributed by atoms with Crippen molar-refractivity contribution in [3.8, 4) is 0 Å². The van der Waals surface area contributed by atoms with E-state index in [1.54, 1.807) is 6.08 Å². The molecule has 1 aliphatic carbocycles. The normalized spacial score (nSPS) is 13.8. The van der Waals surface area contributed by atoms with Gasteiger partial charge in [0, 0.05) is 6.54 Å². The van der Waals surface area contributed by atoms with Crippen LogP contribution in [0.1, 0.15) is 30.0 Å². The lowest BCUT2D eigenvalue weighted by Crippen LogP contribution is -2.32. The maximum Gasteiger partial charge on any atom is 0.187 e. The molecule has 2 rings (SSSR count). The van der Waals surface area contributed by atoms with E-state index in [1.807, 2.05) is 6.92 Å². The summed E-state index contributed by atoms with van der Waals surface area (Å²) in [5, 5.41) is 7.79. The second-order valence-electron chi connectivity index (χ2n) is 4.64. The molecule has 0 aliphatic heterocycles. The largest absolute Gasteiger partial charge is 0.358 e. The Hall–Kier alpha value is -1.68. The van der Waals surface area contributed by atoms with Crippen LogP contribution < -0.4 is 10.7 Å². The predicted molar refractivity (Wildman–Crippen MR) is 84.6 cm³/mol. The summed E-state index contributed by atoms with van der Waals surface area (Å²) in [5.74, 6) is 0. The Morgan fingerprint density at radius 1 is 1.42 bits per heavy atom. The summed E-state index contributed by atoms with van der Waals surface area (Å²) in [6, 6.07) is 6.58. The van der Waals surface area contributed by atoms with Gasteiger partial charge in [0.25, 0.3) is 0 Å². The molecule has 1 aromatic carbocycles. The van der Waals surface area contributed by atoms with Gasteiger partial charge >= 0.3 is 0 Å². The van der Waals surface area contributed by atoms with Crippen molar-refractivity contribution in [2.24, 2.45) is 5.10 Å². The van der Waals surface area contributed by atoms with Crippen LogP contribution in [0.5, 0.6) is 0 Å². The quantitative estimate of drug-likeness (QED) is 0.383. The van der Waals surface area contributed by atoms with Crippen molar-refractivity contribution in [2.75, 3.05) is 6.54 Å². The highest BCUT2D eigenvalue weighted by atomic mass is 32.1. The molecule has 0 unspecified atom stereocenters. The average Bonchev–Trinajstić information content (AvgIpc) is 2.89. The molecule has 0 saturated carbocycles. The summed E-state index contributed by atoms with van der Waals surface area (Å²) >= 11 is 5.09. The van der Waals surface area contributed by atoms with E-state index in [9.17, 15) is 0 Å². The monoisotopic (exact) mass is 273 g/mol. The van der Waals surface area contributed by atoms with Gasteiger partial charge in [-0.05, 0) is 61.2 Å². The third-order valence-corrected chi connectivity index (χ3v) is 3.48. The minimum absolute atomic E-state index is 0.514. The molecule has 19 heavy (non-hydrogen) atoms. The van der Waals surface area contributed by atoms with Crippen LogP contribution in [0.25, 0.3) is 0 Å². The zero-order valence-electron chi connectivity index (χ0n) is 11.2. The number of benzene rings is 1. The summed E-state index contributed by atoms with van der Waals surface area (Å²) in [7, 11) is 0. The van der Waals surface area contributed by atoms with Gasteiger partial charge in [-0.15, -0.1) is 6.58 Å². The van der Waals surface area contributed by atoms with Gasteiger partial charge in [-0.1, -0.05) is 18.2 Å². The summed E-state index contributed by atoms with van der Waals surface area (Å²) in [4.78, 5) is 0. The minimum atomic E-state index is 0.514. The van der Waals surface area contributed by atoms with Gasteiger partial charge in [0.1, 0.15) is 0 Å². The number of nitrogens with one attached hydrogen (secondary N) is 2. The van der Waals surface area contributed by atoms with Crippen molar-refractivity contribution in [1.29, 1.82) is 0 Å². The van der Waals surface area contributed by atoms with Gasteiger partial charge in [-0.25, -0.2) is 0 Å². The molecule has 1 aromatic rings. The predicted octanol–water partition coefficient (Wildman–Crippen LogP) is 2.55. The number of nitrogens with zero attached hydrogens (tertiary/aromatic N) is 1. The number of hydrazone groups is 1. The first-order chi connectivity index (χ1) is 9.20. The molecule has 0 atom stereocenters. The van der Waals surface area contributed by atoms with Crippen molar-refractivity contribution >= 4 is 23.0 Å². The molecule has 0 amide bonds. The summed E-state index contributed by atoms with van der Waals surface area (Å²) in [5.41, 5.74) is 7.88. The second-order valence-corrected chi connectivity index (χ2v) is 5.05. The zero-order valence-corrected chi connectivity index (χ0v) is 12.0. The molecule has 0 radical (unpaired) electrons. The van der Waals surface area contributed by atoms with E-state index in [0.29, 0.717) is 11.7 Å². The van der Waals surface area contributed by atoms with Gasteiger partial charge in [0.05, 0.1) is 5.71 Å². The third kappa shape index (κ3) is 3.64. The highest BCUT2D eigenvalue weighted by Crippen LogP contribution is 2.22. The molecule has 0 bridgehead atoms. The lowest BCUT2D eigenvalue weighted by atomic mass is 10.0. The molecule has 1 aliphatic rings. The van der Waals surface area contributed by atoms with E-state index in [-0.39, 0.29) is 0 Å². The molecule has 0 aromatic heterocycles. The van der Waals surface area contributed by atoms with Crippen LogP contribution in [0.2, 0.25) is 0 Å². The fourth-order valence-electron chi connectivity index (χ4n) is 2.20. The summed E-state index contributed by atoms with van der Waals surface area (Å²) in [6.45, 7) is 6.25. The Balaban J connectivity index is 2.00. The number of hydrogen-bond acceptors (Lipinski definition) is 2. The highest BCUT2D eigenvalue weighted by molar-refractivity contribution is 7.80. The van der Waals surface area contributed by atoms with Crippen LogP contribution in [0.4, 0.5) is 0 Å². The zero-order chi connectivity index (χ0) is 13.7. The number of hydrogen-bond donors (Lipinski definition) is 2. The molecule has 0 fully saturated rings. The maximum absolute atomic E-state index is 5.09. The van der Waals surface area contributed by atoms with Crippen molar-refractivity contribution in [1.82, 2.24) is 10.7 Å². The number of aryl methyl sites for hydroxylation is 2. The number of rotatable bonds is 4.